The molecule has 0 fully saturated rings. The zero-order valence-corrected chi connectivity index (χ0v) is 8.25. The number of hydrogen-bond donors (Lipinski definition) is 1. The van der Waals surface area contributed by atoms with Crippen LogP contribution in [0.4, 0.5) is 0 Å². The third kappa shape index (κ3) is 3.00. The molecule has 1 rings (SSSR count). The summed E-state index contributed by atoms with van der Waals surface area (Å²) in [6.07, 6.45) is 0. The molecule has 1 heterocycles. The van der Waals surface area contributed by atoms with Crippen molar-refractivity contribution < 1.29 is 9.52 Å². The topological polar surface area (TPSA) is 59.2 Å². The van der Waals surface area contributed by atoms with Gasteiger partial charge in [-0.3, -0.25) is 0 Å². The van der Waals surface area contributed by atoms with Crippen LogP contribution in [0.3, 0.4) is 0 Å². The average molecular weight is 172 g/mol. The van der Waals surface area contributed by atoms with Crippen molar-refractivity contribution >= 4 is 0 Å². The number of rotatable bonds is 1. The van der Waals surface area contributed by atoms with Crippen molar-refractivity contribution in [2.45, 2.75) is 40.2 Å². The number of aliphatic hydroxyl groups is 1. The maximum absolute atomic E-state index is 9.31. The summed E-state index contributed by atoms with van der Waals surface area (Å²) in [5.74, 6) is 0.724. The molecule has 0 saturated heterocycles. The number of nitrogens with zero attached hydrogens (tertiary/aromatic N) is 2. The molecular weight excluding hydrogens is 156 g/mol. The van der Waals surface area contributed by atoms with Crippen LogP contribution in [-0.4, -0.2) is 15.3 Å². The van der Waals surface area contributed by atoms with E-state index in [0.29, 0.717) is 5.89 Å². The number of aromatic nitrogens is 2. The number of aryl methyl sites for hydroxylation is 1. The van der Waals surface area contributed by atoms with E-state index in [4.69, 9.17) is 4.42 Å². The predicted octanol–water partition coefficient (Wildman–Crippen LogP) is 1.63. The Bertz CT molecular complexity index is 225. The van der Waals surface area contributed by atoms with E-state index < -0.39 is 5.60 Å². The molecule has 0 bridgehead atoms. The highest BCUT2D eigenvalue weighted by molar-refractivity contribution is 4.90. The molecular formula is C8H16N2O2. The van der Waals surface area contributed by atoms with Crippen LogP contribution < -0.4 is 0 Å². The molecule has 70 valence electrons. The second kappa shape index (κ2) is 4.21. The normalized spacial score (nSPS) is 10.5. The van der Waals surface area contributed by atoms with Gasteiger partial charge in [-0.05, 0) is 13.8 Å². The Balaban J connectivity index is 0.000000561. The van der Waals surface area contributed by atoms with Gasteiger partial charge in [-0.15, -0.1) is 10.2 Å². The van der Waals surface area contributed by atoms with Crippen LogP contribution >= 0.6 is 0 Å². The zero-order chi connectivity index (χ0) is 9.78. The molecule has 0 aliphatic carbocycles. The SMILES string of the molecule is CC.Cc1nnc(C(C)(C)O)o1. The molecule has 12 heavy (non-hydrogen) atoms. The molecule has 0 amide bonds. The van der Waals surface area contributed by atoms with Gasteiger partial charge in [-0.25, -0.2) is 0 Å². The Hall–Kier alpha value is -0.900. The molecule has 0 aliphatic heterocycles. The summed E-state index contributed by atoms with van der Waals surface area (Å²) in [6, 6.07) is 0. The summed E-state index contributed by atoms with van der Waals surface area (Å²) < 4.78 is 4.98. The van der Waals surface area contributed by atoms with Gasteiger partial charge in [-0.2, -0.15) is 0 Å². The summed E-state index contributed by atoms with van der Waals surface area (Å²) in [7, 11) is 0. The van der Waals surface area contributed by atoms with Crippen molar-refractivity contribution in [3.63, 3.8) is 0 Å². The molecule has 0 aromatic carbocycles. The summed E-state index contributed by atoms with van der Waals surface area (Å²) in [4.78, 5) is 0. The molecule has 1 aromatic heterocycles. The largest absolute Gasteiger partial charge is 0.422 e. The Morgan fingerprint density at radius 2 is 1.75 bits per heavy atom. The lowest BCUT2D eigenvalue weighted by Gasteiger charge is -2.09. The highest BCUT2D eigenvalue weighted by Crippen LogP contribution is 2.16. The standard InChI is InChI=1S/C6H10N2O2.C2H6/c1-4-7-8-5(10-4)6(2,3)9;1-2/h9H,1-3H3;1-2H3. The number of hydrogen-bond acceptors (Lipinski definition) is 4. The van der Waals surface area contributed by atoms with Crippen molar-refractivity contribution in [3.8, 4) is 0 Å². The third-order valence-corrected chi connectivity index (χ3v) is 1.05. The van der Waals surface area contributed by atoms with Crippen LogP contribution in [0.15, 0.2) is 4.42 Å². The smallest absolute Gasteiger partial charge is 0.247 e. The Morgan fingerprint density at radius 3 is 1.92 bits per heavy atom. The molecule has 4 nitrogen and oxygen atoms in total. The molecule has 0 saturated carbocycles. The fraction of sp³-hybridized carbons (Fsp3) is 0.750. The van der Waals surface area contributed by atoms with E-state index in [2.05, 4.69) is 10.2 Å². The summed E-state index contributed by atoms with van der Waals surface area (Å²) in [5, 5.41) is 16.5. The van der Waals surface area contributed by atoms with E-state index in [0.717, 1.165) is 0 Å². The van der Waals surface area contributed by atoms with Gasteiger partial charge in [0.2, 0.25) is 11.8 Å². The minimum absolute atomic E-state index is 0.255. The second-order valence-electron chi connectivity index (χ2n) is 2.69. The maximum Gasteiger partial charge on any atom is 0.247 e. The van der Waals surface area contributed by atoms with E-state index in [9.17, 15) is 5.11 Å². The van der Waals surface area contributed by atoms with Crippen molar-refractivity contribution in [3.05, 3.63) is 11.8 Å². The van der Waals surface area contributed by atoms with Crippen LogP contribution in [0.2, 0.25) is 0 Å². The van der Waals surface area contributed by atoms with Crippen molar-refractivity contribution in [2.75, 3.05) is 0 Å². The monoisotopic (exact) mass is 172 g/mol. The first kappa shape index (κ1) is 11.1. The highest BCUT2D eigenvalue weighted by Gasteiger charge is 2.22. The minimum atomic E-state index is -1.03. The third-order valence-electron chi connectivity index (χ3n) is 1.05. The zero-order valence-electron chi connectivity index (χ0n) is 8.25. The van der Waals surface area contributed by atoms with Crippen LogP contribution in [0.5, 0.6) is 0 Å². The van der Waals surface area contributed by atoms with Crippen molar-refractivity contribution in [1.82, 2.24) is 10.2 Å². The van der Waals surface area contributed by atoms with E-state index >= 15 is 0 Å². The van der Waals surface area contributed by atoms with E-state index in [1.54, 1.807) is 20.8 Å². The molecule has 1 N–H and O–H groups in total. The van der Waals surface area contributed by atoms with Crippen LogP contribution in [0, 0.1) is 6.92 Å². The van der Waals surface area contributed by atoms with Gasteiger partial charge in [0.15, 0.2) is 0 Å². The lowest BCUT2D eigenvalue weighted by molar-refractivity contribution is 0.0474. The van der Waals surface area contributed by atoms with Gasteiger partial charge in [0.1, 0.15) is 5.60 Å². The fourth-order valence-corrected chi connectivity index (χ4v) is 0.544. The predicted molar refractivity (Wildman–Crippen MR) is 45.6 cm³/mol. The van der Waals surface area contributed by atoms with Crippen molar-refractivity contribution in [2.24, 2.45) is 0 Å². The minimum Gasteiger partial charge on any atom is -0.422 e. The van der Waals surface area contributed by atoms with Gasteiger partial charge in [-0.1, -0.05) is 13.8 Å². The summed E-state index contributed by atoms with van der Waals surface area (Å²) in [6.45, 7) is 8.88. The van der Waals surface area contributed by atoms with Crippen LogP contribution in [-0.2, 0) is 5.60 Å². The molecule has 4 heteroatoms. The van der Waals surface area contributed by atoms with Crippen LogP contribution in [0.25, 0.3) is 0 Å². The van der Waals surface area contributed by atoms with E-state index in [-0.39, 0.29) is 5.89 Å². The summed E-state index contributed by atoms with van der Waals surface area (Å²) >= 11 is 0. The van der Waals surface area contributed by atoms with E-state index in [1.807, 2.05) is 13.8 Å². The highest BCUT2D eigenvalue weighted by atomic mass is 16.4. The first-order chi connectivity index (χ1) is 5.50. The van der Waals surface area contributed by atoms with Gasteiger partial charge in [0, 0.05) is 6.92 Å². The lowest BCUT2D eigenvalue weighted by atomic mass is 10.1. The quantitative estimate of drug-likeness (QED) is 0.699. The lowest BCUT2D eigenvalue weighted by Crippen LogP contribution is -2.15. The second-order valence-corrected chi connectivity index (χ2v) is 2.69. The molecule has 0 unspecified atom stereocenters. The molecule has 0 radical (unpaired) electrons. The van der Waals surface area contributed by atoms with Crippen LogP contribution in [0.1, 0.15) is 39.5 Å². The Morgan fingerprint density at radius 1 is 1.25 bits per heavy atom. The van der Waals surface area contributed by atoms with Gasteiger partial charge in [0.25, 0.3) is 0 Å². The average Bonchev–Trinajstić information content (AvgIpc) is 2.39. The fourth-order valence-electron chi connectivity index (χ4n) is 0.544. The molecule has 0 atom stereocenters. The Labute approximate surface area is 72.6 Å². The Kier molecular flexibility index (Phi) is 3.89. The summed E-state index contributed by atoms with van der Waals surface area (Å²) in [5.41, 5.74) is -1.03. The molecule has 1 aromatic rings. The maximum atomic E-state index is 9.31. The van der Waals surface area contributed by atoms with Gasteiger partial charge < -0.3 is 9.52 Å². The van der Waals surface area contributed by atoms with Gasteiger partial charge >= 0.3 is 0 Å². The molecule has 0 aliphatic rings. The van der Waals surface area contributed by atoms with Gasteiger partial charge in [0.05, 0.1) is 0 Å². The first-order valence-electron chi connectivity index (χ1n) is 4.03. The first-order valence-corrected chi connectivity index (χ1v) is 4.03. The van der Waals surface area contributed by atoms with Crippen molar-refractivity contribution in [1.29, 1.82) is 0 Å². The molecule has 0 spiro atoms. The van der Waals surface area contributed by atoms with E-state index in [1.165, 1.54) is 0 Å².